The maximum Gasteiger partial charge on any atom is 0.401 e. The molecule has 0 atom stereocenters. The van der Waals surface area contributed by atoms with Crippen LogP contribution in [0.25, 0.3) is 0 Å². The van der Waals surface area contributed by atoms with Crippen molar-refractivity contribution in [3.05, 3.63) is 12.2 Å². The van der Waals surface area contributed by atoms with Gasteiger partial charge in [-0.2, -0.15) is 13.2 Å². The first kappa shape index (κ1) is 12.0. The van der Waals surface area contributed by atoms with E-state index in [0.717, 1.165) is 17.1 Å². The average Bonchev–Trinajstić information content (AvgIpc) is 1.81. The van der Waals surface area contributed by atoms with Crippen LogP contribution in [0.1, 0.15) is 0 Å². The quantitative estimate of drug-likeness (QED) is 0.686. The highest BCUT2D eigenvalue weighted by Crippen LogP contribution is 2.15. The SMILES string of the molecule is CN(CC=CC(=O)O)CC(F)(F)F. The molecule has 0 unspecified atom stereocenters. The van der Waals surface area contributed by atoms with Crippen molar-refractivity contribution in [1.82, 2.24) is 4.90 Å². The van der Waals surface area contributed by atoms with Gasteiger partial charge in [0.05, 0.1) is 6.54 Å². The second-order valence-electron chi connectivity index (χ2n) is 2.55. The van der Waals surface area contributed by atoms with Crippen molar-refractivity contribution in [2.45, 2.75) is 6.18 Å². The number of aliphatic carboxylic acids is 1. The number of carboxylic acid groups (broad SMARTS) is 1. The highest BCUT2D eigenvalue weighted by molar-refractivity contribution is 5.79. The number of halogens is 3. The Morgan fingerprint density at radius 2 is 2.08 bits per heavy atom. The van der Waals surface area contributed by atoms with E-state index >= 15 is 0 Å². The summed E-state index contributed by atoms with van der Waals surface area (Å²) < 4.78 is 35.1. The van der Waals surface area contributed by atoms with Gasteiger partial charge in [-0.25, -0.2) is 4.79 Å². The van der Waals surface area contributed by atoms with E-state index in [1.807, 2.05) is 0 Å². The van der Waals surface area contributed by atoms with Gasteiger partial charge in [-0.3, -0.25) is 4.90 Å². The maximum atomic E-state index is 11.7. The molecule has 0 amide bonds. The van der Waals surface area contributed by atoms with Crippen LogP contribution < -0.4 is 0 Å². The van der Waals surface area contributed by atoms with E-state index in [1.54, 1.807) is 0 Å². The van der Waals surface area contributed by atoms with Crippen molar-refractivity contribution < 1.29 is 23.1 Å². The predicted molar refractivity (Wildman–Crippen MR) is 40.3 cm³/mol. The molecule has 0 aromatic carbocycles. The largest absolute Gasteiger partial charge is 0.478 e. The van der Waals surface area contributed by atoms with Gasteiger partial charge in [-0.05, 0) is 7.05 Å². The van der Waals surface area contributed by atoms with Gasteiger partial charge >= 0.3 is 12.1 Å². The number of nitrogens with zero attached hydrogens (tertiary/aromatic N) is 1. The van der Waals surface area contributed by atoms with Gasteiger partial charge in [0.1, 0.15) is 0 Å². The van der Waals surface area contributed by atoms with E-state index < -0.39 is 18.7 Å². The Bertz CT molecular complexity index is 200. The summed E-state index contributed by atoms with van der Waals surface area (Å²) in [6.07, 6.45) is -2.27. The molecule has 1 N–H and O–H groups in total. The summed E-state index contributed by atoms with van der Waals surface area (Å²) in [4.78, 5) is 10.9. The topological polar surface area (TPSA) is 40.5 Å². The van der Waals surface area contributed by atoms with E-state index in [4.69, 9.17) is 5.11 Å². The molecule has 0 heterocycles. The second-order valence-corrected chi connectivity index (χ2v) is 2.55. The number of hydrogen-bond acceptors (Lipinski definition) is 2. The van der Waals surface area contributed by atoms with Crippen LogP contribution >= 0.6 is 0 Å². The Morgan fingerprint density at radius 3 is 2.46 bits per heavy atom. The molecule has 0 aliphatic heterocycles. The van der Waals surface area contributed by atoms with Crippen molar-refractivity contribution in [1.29, 1.82) is 0 Å². The van der Waals surface area contributed by atoms with Crippen molar-refractivity contribution in [2.24, 2.45) is 0 Å². The summed E-state index contributed by atoms with van der Waals surface area (Å²) >= 11 is 0. The molecule has 0 aliphatic rings. The molecule has 0 spiro atoms. The number of rotatable bonds is 4. The Balaban J connectivity index is 3.76. The molecule has 6 heteroatoms. The number of carboxylic acids is 1. The molecule has 0 aliphatic carbocycles. The summed E-state index contributed by atoms with van der Waals surface area (Å²) in [5.41, 5.74) is 0. The van der Waals surface area contributed by atoms with Gasteiger partial charge in [-0.15, -0.1) is 0 Å². The van der Waals surface area contributed by atoms with Gasteiger partial charge in [0.15, 0.2) is 0 Å². The molecule has 0 saturated carbocycles. The monoisotopic (exact) mass is 197 g/mol. The van der Waals surface area contributed by atoms with Gasteiger partial charge in [0.2, 0.25) is 0 Å². The molecule has 0 radical (unpaired) electrons. The minimum Gasteiger partial charge on any atom is -0.478 e. The molecular weight excluding hydrogens is 187 g/mol. The van der Waals surface area contributed by atoms with Crippen molar-refractivity contribution in [3.8, 4) is 0 Å². The Morgan fingerprint density at radius 1 is 1.54 bits per heavy atom. The molecule has 0 rings (SSSR count). The highest BCUT2D eigenvalue weighted by Gasteiger charge is 2.28. The van der Waals surface area contributed by atoms with Gasteiger partial charge in [0, 0.05) is 12.6 Å². The molecule has 13 heavy (non-hydrogen) atoms. The van der Waals surface area contributed by atoms with Crippen LogP contribution in [0.5, 0.6) is 0 Å². The average molecular weight is 197 g/mol. The number of hydrogen-bond donors (Lipinski definition) is 1. The first-order chi connectivity index (χ1) is 5.81. The fraction of sp³-hybridized carbons (Fsp3) is 0.571. The molecule has 0 bridgehead atoms. The molecular formula is C7H10F3NO2. The normalized spacial score (nSPS) is 12.7. The zero-order chi connectivity index (χ0) is 10.5. The van der Waals surface area contributed by atoms with Crippen LogP contribution in [-0.2, 0) is 4.79 Å². The highest BCUT2D eigenvalue weighted by atomic mass is 19.4. The molecule has 3 nitrogen and oxygen atoms in total. The minimum atomic E-state index is -4.24. The van der Waals surface area contributed by atoms with E-state index in [-0.39, 0.29) is 6.54 Å². The molecule has 0 fully saturated rings. The van der Waals surface area contributed by atoms with Crippen molar-refractivity contribution >= 4 is 5.97 Å². The second kappa shape index (κ2) is 4.86. The number of carbonyl (C=O) groups is 1. The Kier molecular flexibility index (Phi) is 4.47. The maximum absolute atomic E-state index is 11.7. The van der Waals surface area contributed by atoms with Crippen LogP contribution in [0, 0.1) is 0 Å². The lowest BCUT2D eigenvalue weighted by molar-refractivity contribution is -0.141. The summed E-state index contributed by atoms with van der Waals surface area (Å²) in [7, 11) is 1.26. The Labute approximate surface area is 73.5 Å². The van der Waals surface area contributed by atoms with E-state index in [1.165, 1.54) is 7.05 Å². The summed E-state index contributed by atoms with van der Waals surface area (Å²) in [6, 6.07) is 0. The summed E-state index contributed by atoms with van der Waals surface area (Å²) in [5.74, 6) is -1.17. The van der Waals surface area contributed by atoms with Gasteiger partial charge in [-0.1, -0.05) is 6.08 Å². The third-order valence-electron chi connectivity index (χ3n) is 1.13. The summed E-state index contributed by atoms with van der Waals surface area (Å²) in [5, 5.41) is 8.13. The van der Waals surface area contributed by atoms with E-state index in [0.29, 0.717) is 0 Å². The van der Waals surface area contributed by atoms with Crippen molar-refractivity contribution in [3.63, 3.8) is 0 Å². The fourth-order valence-electron chi connectivity index (χ4n) is 0.704. The van der Waals surface area contributed by atoms with Crippen LogP contribution in [0.2, 0.25) is 0 Å². The van der Waals surface area contributed by atoms with E-state index in [9.17, 15) is 18.0 Å². The molecule has 0 aromatic heterocycles. The Hall–Kier alpha value is -1.04. The van der Waals surface area contributed by atoms with Crippen LogP contribution in [-0.4, -0.2) is 42.3 Å². The lowest BCUT2D eigenvalue weighted by Crippen LogP contribution is -2.31. The third kappa shape index (κ3) is 8.87. The predicted octanol–water partition coefficient (Wildman–Crippen LogP) is 1.12. The summed E-state index contributed by atoms with van der Waals surface area (Å²) in [6.45, 7) is -1.08. The lowest BCUT2D eigenvalue weighted by Gasteiger charge is -2.15. The first-order valence-corrected chi connectivity index (χ1v) is 3.46. The number of likely N-dealkylation sites (N-methyl/N-ethyl adjacent to an activating group) is 1. The smallest absolute Gasteiger partial charge is 0.401 e. The lowest BCUT2D eigenvalue weighted by atomic mass is 10.4. The van der Waals surface area contributed by atoms with Gasteiger partial charge in [0.25, 0.3) is 0 Å². The third-order valence-corrected chi connectivity index (χ3v) is 1.13. The van der Waals surface area contributed by atoms with Crippen LogP contribution in [0.4, 0.5) is 13.2 Å². The van der Waals surface area contributed by atoms with Gasteiger partial charge < -0.3 is 5.11 Å². The van der Waals surface area contributed by atoms with Crippen LogP contribution in [0.15, 0.2) is 12.2 Å². The zero-order valence-corrected chi connectivity index (χ0v) is 7.01. The van der Waals surface area contributed by atoms with E-state index in [2.05, 4.69) is 0 Å². The number of alkyl halides is 3. The fourth-order valence-corrected chi connectivity index (χ4v) is 0.704. The molecule has 0 aromatic rings. The molecule has 0 saturated heterocycles. The first-order valence-electron chi connectivity index (χ1n) is 3.46. The standard InChI is InChI=1S/C7H10F3NO2/c1-11(5-7(8,9)10)4-2-3-6(12)13/h2-3H,4-5H2,1H3,(H,12,13). The minimum absolute atomic E-state index is 0.0359. The van der Waals surface area contributed by atoms with Crippen molar-refractivity contribution in [2.75, 3.05) is 20.1 Å². The van der Waals surface area contributed by atoms with Crippen LogP contribution in [0.3, 0.4) is 0 Å². The molecule has 76 valence electrons. The zero-order valence-electron chi connectivity index (χ0n) is 7.01.